The summed E-state index contributed by atoms with van der Waals surface area (Å²) in [7, 11) is 0. The van der Waals surface area contributed by atoms with E-state index in [0.29, 0.717) is 6.04 Å². The molecule has 0 aromatic heterocycles. The van der Waals surface area contributed by atoms with E-state index in [1.165, 1.54) is 38.5 Å². The van der Waals surface area contributed by atoms with Crippen molar-refractivity contribution >= 4 is 0 Å². The van der Waals surface area contributed by atoms with Crippen molar-refractivity contribution in [3.05, 3.63) is 35.4 Å². The SMILES string of the molecule is c1ccc2c(c1)CC[C@@H]2NC1CCCC1. The predicted octanol–water partition coefficient (Wildman–Crippen LogP) is 3.21. The Morgan fingerprint density at radius 3 is 2.67 bits per heavy atom. The number of rotatable bonds is 2. The summed E-state index contributed by atoms with van der Waals surface area (Å²) >= 11 is 0. The molecule has 0 unspecified atom stereocenters. The fraction of sp³-hybridized carbons (Fsp3) is 0.571. The van der Waals surface area contributed by atoms with Gasteiger partial charge in [-0.2, -0.15) is 0 Å². The molecule has 2 aliphatic rings. The van der Waals surface area contributed by atoms with Crippen molar-refractivity contribution in [2.24, 2.45) is 0 Å². The third kappa shape index (κ3) is 1.81. The number of benzene rings is 1. The molecule has 1 N–H and O–H groups in total. The molecule has 0 amide bonds. The van der Waals surface area contributed by atoms with Gasteiger partial charge in [0, 0.05) is 12.1 Å². The Bertz CT molecular complexity index is 339. The minimum atomic E-state index is 0.643. The van der Waals surface area contributed by atoms with Gasteiger partial charge in [0.05, 0.1) is 0 Å². The van der Waals surface area contributed by atoms with Crippen molar-refractivity contribution in [2.75, 3.05) is 0 Å². The van der Waals surface area contributed by atoms with Crippen LogP contribution in [0.25, 0.3) is 0 Å². The normalized spacial score (nSPS) is 25.7. The summed E-state index contributed by atoms with van der Waals surface area (Å²) in [4.78, 5) is 0. The average molecular weight is 201 g/mol. The second kappa shape index (κ2) is 3.97. The molecule has 3 rings (SSSR count). The molecule has 0 aliphatic heterocycles. The Balaban J connectivity index is 1.73. The molecule has 1 nitrogen and oxygen atoms in total. The van der Waals surface area contributed by atoms with Gasteiger partial charge < -0.3 is 5.32 Å². The smallest absolute Gasteiger partial charge is 0.0328 e. The summed E-state index contributed by atoms with van der Waals surface area (Å²) in [6, 6.07) is 10.4. The first-order valence-corrected chi connectivity index (χ1v) is 6.27. The van der Waals surface area contributed by atoms with E-state index in [2.05, 4.69) is 29.6 Å². The van der Waals surface area contributed by atoms with Gasteiger partial charge in [-0.1, -0.05) is 37.1 Å². The molecule has 15 heavy (non-hydrogen) atoms. The van der Waals surface area contributed by atoms with Crippen molar-refractivity contribution in [1.29, 1.82) is 0 Å². The van der Waals surface area contributed by atoms with Crippen LogP contribution in [0.3, 0.4) is 0 Å². The van der Waals surface area contributed by atoms with Crippen molar-refractivity contribution in [2.45, 2.75) is 50.6 Å². The van der Waals surface area contributed by atoms with Gasteiger partial charge in [-0.25, -0.2) is 0 Å². The van der Waals surface area contributed by atoms with Gasteiger partial charge in [0.15, 0.2) is 0 Å². The van der Waals surface area contributed by atoms with Gasteiger partial charge in [0.25, 0.3) is 0 Å². The number of nitrogens with one attached hydrogen (secondary N) is 1. The first-order valence-electron chi connectivity index (χ1n) is 6.27. The predicted molar refractivity (Wildman–Crippen MR) is 62.9 cm³/mol. The molecule has 1 aromatic rings. The van der Waals surface area contributed by atoms with Crippen molar-refractivity contribution in [1.82, 2.24) is 5.32 Å². The van der Waals surface area contributed by atoms with Crippen LogP contribution in [0.2, 0.25) is 0 Å². The maximum atomic E-state index is 3.83. The van der Waals surface area contributed by atoms with E-state index >= 15 is 0 Å². The van der Waals surface area contributed by atoms with Gasteiger partial charge in [-0.05, 0) is 36.8 Å². The number of hydrogen-bond acceptors (Lipinski definition) is 1. The van der Waals surface area contributed by atoms with Crippen LogP contribution in [0.1, 0.15) is 49.3 Å². The fourth-order valence-electron chi connectivity index (χ4n) is 3.11. The molecule has 1 aromatic carbocycles. The maximum Gasteiger partial charge on any atom is 0.0328 e. The van der Waals surface area contributed by atoms with Crippen molar-refractivity contribution < 1.29 is 0 Å². The Morgan fingerprint density at radius 1 is 1.00 bits per heavy atom. The van der Waals surface area contributed by atoms with Gasteiger partial charge in [0.2, 0.25) is 0 Å². The quantitative estimate of drug-likeness (QED) is 0.774. The zero-order valence-corrected chi connectivity index (χ0v) is 9.21. The van der Waals surface area contributed by atoms with E-state index in [0.717, 1.165) is 6.04 Å². The number of fused-ring (bicyclic) bond motifs is 1. The maximum absolute atomic E-state index is 3.83. The Kier molecular flexibility index (Phi) is 2.49. The Labute approximate surface area is 91.9 Å². The summed E-state index contributed by atoms with van der Waals surface area (Å²) in [5.74, 6) is 0. The molecule has 0 spiro atoms. The van der Waals surface area contributed by atoms with Gasteiger partial charge in [0.1, 0.15) is 0 Å². The lowest BCUT2D eigenvalue weighted by Crippen LogP contribution is -2.29. The zero-order chi connectivity index (χ0) is 10.1. The van der Waals surface area contributed by atoms with E-state index in [9.17, 15) is 0 Å². The fourth-order valence-corrected chi connectivity index (χ4v) is 3.11. The summed E-state index contributed by atoms with van der Waals surface area (Å²) < 4.78 is 0. The highest BCUT2D eigenvalue weighted by molar-refractivity contribution is 5.34. The molecular formula is C14H19N. The number of hydrogen-bond donors (Lipinski definition) is 1. The standard InChI is InChI=1S/C14H19N/c1-4-8-13-11(5-1)9-10-14(13)15-12-6-2-3-7-12/h1,4-5,8,12,14-15H,2-3,6-7,9-10H2/t14-/m0/s1. The Morgan fingerprint density at radius 2 is 1.80 bits per heavy atom. The third-order valence-electron chi connectivity index (χ3n) is 3.92. The van der Waals surface area contributed by atoms with E-state index < -0.39 is 0 Å². The van der Waals surface area contributed by atoms with Crippen LogP contribution in [-0.2, 0) is 6.42 Å². The molecule has 0 radical (unpaired) electrons. The Hall–Kier alpha value is -0.820. The molecule has 1 saturated carbocycles. The third-order valence-corrected chi connectivity index (χ3v) is 3.92. The summed E-state index contributed by atoms with van der Waals surface area (Å²) in [6.07, 6.45) is 8.19. The molecule has 1 heteroatoms. The summed E-state index contributed by atoms with van der Waals surface area (Å²) in [5.41, 5.74) is 3.12. The molecule has 0 saturated heterocycles. The molecule has 0 bridgehead atoms. The lowest BCUT2D eigenvalue weighted by molar-refractivity contribution is 0.438. The molecule has 80 valence electrons. The molecule has 0 heterocycles. The topological polar surface area (TPSA) is 12.0 Å². The first kappa shape index (κ1) is 9.41. The summed E-state index contributed by atoms with van der Waals surface area (Å²) in [5, 5.41) is 3.83. The number of aryl methyl sites for hydroxylation is 1. The molecule has 1 fully saturated rings. The van der Waals surface area contributed by atoms with E-state index in [1.54, 1.807) is 11.1 Å². The van der Waals surface area contributed by atoms with Gasteiger partial charge >= 0.3 is 0 Å². The lowest BCUT2D eigenvalue weighted by Gasteiger charge is -2.19. The molecular weight excluding hydrogens is 182 g/mol. The minimum absolute atomic E-state index is 0.643. The van der Waals surface area contributed by atoms with Crippen LogP contribution in [0.4, 0.5) is 0 Å². The average Bonchev–Trinajstić information content (AvgIpc) is 2.89. The van der Waals surface area contributed by atoms with E-state index in [1.807, 2.05) is 0 Å². The highest BCUT2D eigenvalue weighted by atomic mass is 15.0. The molecule has 2 aliphatic carbocycles. The van der Waals surface area contributed by atoms with Crippen LogP contribution >= 0.6 is 0 Å². The highest BCUT2D eigenvalue weighted by Gasteiger charge is 2.25. The van der Waals surface area contributed by atoms with E-state index in [4.69, 9.17) is 0 Å². The van der Waals surface area contributed by atoms with Crippen LogP contribution in [-0.4, -0.2) is 6.04 Å². The first-order chi connectivity index (χ1) is 7.43. The van der Waals surface area contributed by atoms with Crippen LogP contribution < -0.4 is 5.32 Å². The minimum Gasteiger partial charge on any atom is -0.307 e. The van der Waals surface area contributed by atoms with Crippen molar-refractivity contribution in [3.63, 3.8) is 0 Å². The van der Waals surface area contributed by atoms with Crippen LogP contribution in [0.5, 0.6) is 0 Å². The largest absolute Gasteiger partial charge is 0.307 e. The summed E-state index contributed by atoms with van der Waals surface area (Å²) in [6.45, 7) is 0. The molecule has 1 atom stereocenters. The lowest BCUT2D eigenvalue weighted by atomic mass is 10.1. The van der Waals surface area contributed by atoms with E-state index in [-0.39, 0.29) is 0 Å². The van der Waals surface area contributed by atoms with Gasteiger partial charge in [-0.3, -0.25) is 0 Å². The van der Waals surface area contributed by atoms with Crippen LogP contribution in [0, 0.1) is 0 Å². The van der Waals surface area contributed by atoms with Crippen molar-refractivity contribution in [3.8, 4) is 0 Å². The van der Waals surface area contributed by atoms with Crippen LogP contribution in [0.15, 0.2) is 24.3 Å². The second-order valence-corrected chi connectivity index (χ2v) is 4.94. The monoisotopic (exact) mass is 201 g/mol. The zero-order valence-electron chi connectivity index (χ0n) is 9.21. The van der Waals surface area contributed by atoms with Gasteiger partial charge in [-0.15, -0.1) is 0 Å². The highest BCUT2D eigenvalue weighted by Crippen LogP contribution is 2.32. The second-order valence-electron chi connectivity index (χ2n) is 4.94.